The molecule has 0 unspecified atom stereocenters. The van der Waals surface area contributed by atoms with Crippen LogP contribution < -0.4 is 14.2 Å². The number of amides is 2. The lowest BCUT2D eigenvalue weighted by atomic mass is 10.0. The molecule has 0 atom stereocenters. The molecule has 0 N–H and O–H groups in total. The molecular weight excluding hydrogens is 614 g/mol. The summed E-state index contributed by atoms with van der Waals surface area (Å²) in [6.07, 6.45) is 4.07. The average Bonchev–Trinajstić information content (AvgIpc) is 3.25. The number of thioether (sulfide) groups is 1. The molecule has 1 fully saturated rings. The zero-order chi connectivity index (χ0) is 29.5. The fourth-order valence-electron chi connectivity index (χ4n) is 4.65. The maximum absolute atomic E-state index is 13.2. The smallest absolute Gasteiger partial charge is 0.293 e. The van der Waals surface area contributed by atoms with Crippen LogP contribution in [0.25, 0.3) is 16.8 Å². The molecule has 2 amide bonds. The summed E-state index contributed by atoms with van der Waals surface area (Å²) >= 11 is 4.38. The number of carbonyl (C=O) groups is 2. The normalized spacial score (nSPS) is 14.0. The maximum atomic E-state index is 13.2. The van der Waals surface area contributed by atoms with Gasteiger partial charge in [0, 0.05) is 15.4 Å². The van der Waals surface area contributed by atoms with Crippen LogP contribution in [0.4, 0.5) is 4.79 Å². The maximum Gasteiger partial charge on any atom is 0.293 e. The first-order valence-corrected chi connectivity index (χ1v) is 15.2. The Morgan fingerprint density at radius 2 is 1.71 bits per heavy atom. The number of carbonyl (C=O) groups excluding carboxylic acids is 2. The van der Waals surface area contributed by atoms with Gasteiger partial charge < -0.3 is 14.2 Å². The highest BCUT2D eigenvalue weighted by Crippen LogP contribution is 2.38. The molecule has 6 nitrogen and oxygen atoms in total. The van der Waals surface area contributed by atoms with Gasteiger partial charge in [-0.3, -0.25) is 14.5 Å². The highest BCUT2D eigenvalue weighted by Gasteiger charge is 2.35. The molecule has 8 heteroatoms. The van der Waals surface area contributed by atoms with Gasteiger partial charge in [0.1, 0.15) is 19.0 Å². The zero-order valence-electron chi connectivity index (χ0n) is 23.2. The van der Waals surface area contributed by atoms with Crippen molar-refractivity contribution in [2.75, 3.05) is 19.8 Å². The van der Waals surface area contributed by atoms with Gasteiger partial charge in [0.25, 0.3) is 11.1 Å². The molecule has 0 spiro atoms. The fraction of sp³-hybridized carbons (Fsp3) is 0.176. The van der Waals surface area contributed by atoms with Gasteiger partial charge >= 0.3 is 0 Å². The van der Waals surface area contributed by atoms with Crippen LogP contribution in [0.2, 0.25) is 0 Å². The first-order valence-electron chi connectivity index (χ1n) is 13.6. The Morgan fingerprint density at radius 1 is 0.929 bits per heavy atom. The highest BCUT2D eigenvalue weighted by atomic mass is 79.9. The summed E-state index contributed by atoms with van der Waals surface area (Å²) < 4.78 is 19.2. The molecule has 0 saturated carbocycles. The van der Waals surface area contributed by atoms with Crippen LogP contribution in [0.1, 0.15) is 23.6 Å². The third-order valence-corrected chi connectivity index (χ3v) is 8.04. The second-order valence-electron chi connectivity index (χ2n) is 9.51. The molecule has 214 valence electrons. The Kier molecular flexibility index (Phi) is 9.66. The Bertz CT molecular complexity index is 1640. The lowest BCUT2D eigenvalue weighted by Crippen LogP contribution is -2.32. The molecular formula is C34H30BrNO5S. The summed E-state index contributed by atoms with van der Waals surface area (Å²) in [4.78, 5) is 27.6. The summed E-state index contributed by atoms with van der Waals surface area (Å²) in [5.41, 5.74) is 2.64. The number of nitrogens with zero attached hydrogens (tertiary/aromatic N) is 1. The van der Waals surface area contributed by atoms with Crippen LogP contribution in [0.15, 0.2) is 101 Å². The van der Waals surface area contributed by atoms with Crippen LogP contribution in [0, 0.1) is 0 Å². The molecule has 1 heterocycles. The largest absolute Gasteiger partial charge is 0.491 e. The number of fused-ring (bicyclic) bond motifs is 1. The number of allylic oxidation sites excluding steroid dienone is 1. The van der Waals surface area contributed by atoms with E-state index in [0.29, 0.717) is 36.0 Å². The van der Waals surface area contributed by atoms with E-state index < -0.39 is 0 Å². The standard InChI is InChI=1S/C34H30BrNO5S/c1-3-8-26-19-24(20-30(39-4-2)32(26)41-22-23-13-15-27(35)16-14-23)21-31-33(37)36(34(38)42-31)17-18-40-29-12-7-10-25-9-5-6-11-28(25)29/h3,5-7,9-16,19-21H,1,4,8,17-18,22H2,2H3/b31-21-. The summed E-state index contributed by atoms with van der Waals surface area (Å²) in [6.45, 7) is 6.96. The SMILES string of the molecule is C=CCc1cc(/C=C2\SC(=O)N(CCOc3cccc4ccccc34)C2=O)cc(OCC)c1OCc1ccc(Br)cc1. The van der Waals surface area contributed by atoms with Crippen LogP contribution in [0.5, 0.6) is 17.2 Å². The summed E-state index contributed by atoms with van der Waals surface area (Å²) in [7, 11) is 0. The van der Waals surface area contributed by atoms with Crippen molar-refractivity contribution in [1.29, 1.82) is 0 Å². The predicted octanol–water partition coefficient (Wildman–Crippen LogP) is 8.42. The van der Waals surface area contributed by atoms with E-state index in [1.807, 2.05) is 85.8 Å². The quantitative estimate of drug-likeness (QED) is 0.114. The number of hydrogen-bond acceptors (Lipinski definition) is 6. The fourth-order valence-corrected chi connectivity index (χ4v) is 5.78. The average molecular weight is 645 g/mol. The lowest BCUT2D eigenvalue weighted by Gasteiger charge is -2.17. The molecule has 1 aliphatic rings. The van der Waals surface area contributed by atoms with E-state index >= 15 is 0 Å². The van der Waals surface area contributed by atoms with E-state index in [2.05, 4.69) is 22.5 Å². The van der Waals surface area contributed by atoms with Crippen molar-refractivity contribution in [1.82, 2.24) is 4.90 Å². The highest BCUT2D eigenvalue weighted by molar-refractivity contribution is 9.10. The van der Waals surface area contributed by atoms with Gasteiger partial charge in [-0.25, -0.2) is 0 Å². The van der Waals surface area contributed by atoms with Crippen molar-refractivity contribution in [2.45, 2.75) is 20.0 Å². The lowest BCUT2D eigenvalue weighted by molar-refractivity contribution is -0.123. The number of imide groups is 1. The van der Waals surface area contributed by atoms with E-state index in [1.165, 1.54) is 4.90 Å². The summed E-state index contributed by atoms with van der Waals surface area (Å²) in [5.74, 6) is 1.58. The van der Waals surface area contributed by atoms with Gasteiger partial charge in [0.15, 0.2) is 11.5 Å². The summed E-state index contributed by atoms with van der Waals surface area (Å²) in [6, 6.07) is 25.5. The van der Waals surface area contributed by atoms with Crippen molar-refractivity contribution in [3.05, 3.63) is 118 Å². The molecule has 0 bridgehead atoms. The second kappa shape index (κ2) is 13.8. The third kappa shape index (κ3) is 6.89. The van der Waals surface area contributed by atoms with Crippen LogP contribution >= 0.6 is 27.7 Å². The molecule has 1 saturated heterocycles. The topological polar surface area (TPSA) is 65.1 Å². The van der Waals surface area contributed by atoms with E-state index in [1.54, 1.807) is 12.2 Å². The minimum absolute atomic E-state index is 0.153. The van der Waals surface area contributed by atoms with Crippen molar-refractivity contribution >= 4 is 55.7 Å². The van der Waals surface area contributed by atoms with Crippen molar-refractivity contribution in [3.63, 3.8) is 0 Å². The molecule has 0 aromatic heterocycles. The van der Waals surface area contributed by atoms with E-state index in [9.17, 15) is 9.59 Å². The van der Waals surface area contributed by atoms with Gasteiger partial charge in [-0.15, -0.1) is 6.58 Å². The minimum atomic E-state index is -0.342. The third-order valence-electron chi connectivity index (χ3n) is 6.61. The number of ether oxygens (including phenoxy) is 3. The Morgan fingerprint density at radius 3 is 2.50 bits per heavy atom. The molecule has 5 rings (SSSR count). The first-order chi connectivity index (χ1) is 20.5. The van der Waals surface area contributed by atoms with Crippen LogP contribution in [0.3, 0.4) is 0 Å². The first kappa shape index (κ1) is 29.5. The summed E-state index contributed by atoms with van der Waals surface area (Å²) in [5, 5.41) is 1.73. The van der Waals surface area contributed by atoms with Gasteiger partial charge in [-0.2, -0.15) is 0 Å². The van der Waals surface area contributed by atoms with E-state index in [-0.39, 0.29) is 24.3 Å². The molecule has 1 aliphatic heterocycles. The van der Waals surface area contributed by atoms with Crippen LogP contribution in [-0.4, -0.2) is 35.8 Å². The molecule has 0 radical (unpaired) electrons. The number of hydrogen-bond donors (Lipinski definition) is 0. The number of rotatable bonds is 12. The number of benzene rings is 4. The van der Waals surface area contributed by atoms with Crippen molar-refractivity contribution < 1.29 is 23.8 Å². The van der Waals surface area contributed by atoms with E-state index in [4.69, 9.17) is 14.2 Å². The number of halogens is 1. The monoisotopic (exact) mass is 643 g/mol. The Hall–Kier alpha value is -4.01. The Balaban J connectivity index is 1.32. The molecule has 4 aromatic rings. The predicted molar refractivity (Wildman–Crippen MR) is 172 cm³/mol. The van der Waals surface area contributed by atoms with Crippen LogP contribution in [-0.2, 0) is 17.8 Å². The van der Waals surface area contributed by atoms with Gasteiger partial charge in [-0.05, 0) is 78.0 Å². The van der Waals surface area contributed by atoms with Gasteiger partial charge in [-0.1, -0.05) is 70.5 Å². The van der Waals surface area contributed by atoms with E-state index in [0.717, 1.165) is 49.4 Å². The second-order valence-corrected chi connectivity index (χ2v) is 11.4. The Labute approximate surface area is 258 Å². The van der Waals surface area contributed by atoms with Gasteiger partial charge in [0.2, 0.25) is 0 Å². The molecule has 42 heavy (non-hydrogen) atoms. The minimum Gasteiger partial charge on any atom is -0.491 e. The van der Waals surface area contributed by atoms with Gasteiger partial charge in [0.05, 0.1) is 18.1 Å². The van der Waals surface area contributed by atoms with Crippen molar-refractivity contribution in [2.24, 2.45) is 0 Å². The van der Waals surface area contributed by atoms with Crippen molar-refractivity contribution in [3.8, 4) is 17.2 Å². The molecule has 4 aromatic carbocycles. The zero-order valence-corrected chi connectivity index (χ0v) is 25.6. The molecule has 0 aliphatic carbocycles.